The van der Waals surface area contributed by atoms with Crippen molar-refractivity contribution in [2.24, 2.45) is 29.1 Å². The van der Waals surface area contributed by atoms with E-state index < -0.39 is 0 Å². The third-order valence-corrected chi connectivity index (χ3v) is 7.56. The molecule has 3 fully saturated rings. The normalized spacial score (nSPS) is 53.2. The molecule has 0 aromatic heterocycles. The topological polar surface area (TPSA) is 18.5 Å². The van der Waals surface area contributed by atoms with Gasteiger partial charge in [-0.05, 0) is 30.2 Å². The first-order chi connectivity index (χ1) is 11.7. The zero-order chi connectivity index (χ0) is 15.9. The molecule has 0 N–H and O–H groups in total. The SMILES string of the molecule is C[C@@]1(C2O[C@@H]3[C@H](O2)[C@@H]2C=C[C@H]3C2)[C@H](c2ccccc2)[C@@H]2C=C[C@H]1C2. The van der Waals surface area contributed by atoms with E-state index in [1.165, 1.54) is 18.4 Å². The Labute approximate surface area is 143 Å². The van der Waals surface area contributed by atoms with Gasteiger partial charge in [-0.25, -0.2) is 0 Å². The highest BCUT2D eigenvalue weighted by Gasteiger charge is 2.63. The third-order valence-electron chi connectivity index (χ3n) is 7.56. The maximum Gasteiger partial charge on any atom is 0.165 e. The first-order valence-electron chi connectivity index (χ1n) is 9.47. The van der Waals surface area contributed by atoms with E-state index in [1.807, 2.05) is 0 Å². The fraction of sp³-hybridized carbons (Fsp3) is 0.545. The van der Waals surface area contributed by atoms with Crippen LogP contribution in [0.5, 0.6) is 0 Å². The van der Waals surface area contributed by atoms with Gasteiger partial charge in [0.2, 0.25) is 0 Å². The Balaban J connectivity index is 1.38. The van der Waals surface area contributed by atoms with E-state index in [1.54, 1.807) is 0 Å². The van der Waals surface area contributed by atoms with Crippen molar-refractivity contribution in [1.29, 1.82) is 0 Å². The van der Waals surface area contributed by atoms with Gasteiger partial charge >= 0.3 is 0 Å². The lowest BCUT2D eigenvalue weighted by Gasteiger charge is -2.43. The summed E-state index contributed by atoms with van der Waals surface area (Å²) in [5.74, 6) is 2.87. The summed E-state index contributed by atoms with van der Waals surface area (Å²) in [4.78, 5) is 0. The molecule has 2 nitrogen and oxygen atoms in total. The molecule has 1 heterocycles. The second kappa shape index (κ2) is 4.62. The number of ether oxygens (including phenoxy) is 2. The summed E-state index contributed by atoms with van der Waals surface area (Å²) in [6.07, 6.45) is 12.6. The van der Waals surface area contributed by atoms with Crippen LogP contribution >= 0.6 is 0 Å². The summed E-state index contributed by atoms with van der Waals surface area (Å²) in [5.41, 5.74) is 1.49. The molecule has 1 aliphatic heterocycles. The van der Waals surface area contributed by atoms with Crippen LogP contribution in [0.3, 0.4) is 0 Å². The van der Waals surface area contributed by atoms with Gasteiger partial charge in [-0.3, -0.25) is 0 Å². The number of fused-ring (bicyclic) bond motifs is 7. The Morgan fingerprint density at radius 2 is 1.50 bits per heavy atom. The van der Waals surface area contributed by atoms with Gasteiger partial charge in [0.15, 0.2) is 6.29 Å². The van der Waals surface area contributed by atoms with Gasteiger partial charge < -0.3 is 9.47 Å². The van der Waals surface area contributed by atoms with E-state index in [9.17, 15) is 0 Å². The molecular formula is C22H24O2. The van der Waals surface area contributed by atoms with E-state index in [4.69, 9.17) is 9.47 Å². The summed E-state index contributed by atoms with van der Waals surface area (Å²) in [6.45, 7) is 2.42. The predicted octanol–water partition coefficient (Wildman–Crippen LogP) is 4.30. The largest absolute Gasteiger partial charge is 0.345 e. The molecular weight excluding hydrogens is 296 g/mol. The minimum atomic E-state index is -0.0668. The Bertz CT molecular complexity index is 703. The maximum atomic E-state index is 6.60. The molecule has 0 spiro atoms. The number of hydrogen-bond acceptors (Lipinski definition) is 2. The highest BCUT2D eigenvalue weighted by molar-refractivity contribution is 5.33. The van der Waals surface area contributed by atoms with E-state index in [0.29, 0.717) is 41.8 Å². The zero-order valence-corrected chi connectivity index (χ0v) is 14.0. The molecule has 4 bridgehead atoms. The van der Waals surface area contributed by atoms with Crippen LogP contribution in [0.2, 0.25) is 0 Å². The molecule has 0 radical (unpaired) electrons. The van der Waals surface area contributed by atoms with Crippen molar-refractivity contribution >= 4 is 0 Å². The highest BCUT2D eigenvalue weighted by Crippen LogP contribution is 2.64. The van der Waals surface area contributed by atoms with Gasteiger partial charge in [-0.2, -0.15) is 0 Å². The maximum absolute atomic E-state index is 6.60. The molecule has 1 aromatic carbocycles. The summed E-state index contributed by atoms with van der Waals surface area (Å²) < 4.78 is 13.2. The van der Waals surface area contributed by atoms with Crippen molar-refractivity contribution in [2.45, 2.75) is 44.2 Å². The average molecular weight is 320 g/mol. The Morgan fingerprint density at radius 1 is 0.833 bits per heavy atom. The highest BCUT2D eigenvalue weighted by atomic mass is 16.7. The molecule has 1 unspecified atom stereocenters. The molecule has 2 saturated carbocycles. The van der Waals surface area contributed by atoms with Gasteiger partial charge in [-0.1, -0.05) is 61.6 Å². The van der Waals surface area contributed by atoms with Gasteiger partial charge in [0.1, 0.15) is 0 Å². The predicted molar refractivity (Wildman–Crippen MR) is 92.3 cm³/mol. The van der Waals surface area contributed by atoms with Crippen LogP contribution in [0.15, 0.2) is 54.6 Å². The zero-order valence-electron chi connectivity index (χ0n) is 14.0. The Kier molecular flexibility index (Phi) is 2.67. The average Bonchev–Trinajstić information content (AvgIpc) is 3.37. The molecule has 4 aliphatic carbocycles. The van der Waals surface area contributed by atoms with Crippen molar-refractivity contribution in [3.05, 3.63) is 60.2 Å². The molecule has 124 valence electrons. The third kappa shape index (κ3) is 1.59. The van der Waals surface area contributed by atoms with Crippen LogP contribution in [0.1, 0.15) is 31.2 Å². The Morgan fingerprint density at radius 3 is 2.21 bits per heavy atom. The Hall–Kier alpha value is -1.38. The number of rotatable bonds is 2. The van der Waals surface area contributed by atoms with Crippen molar-refractivity contribution in [2.75, 3.05) is 0 Å². The minimum Gasteiger partial charge on any atom is -0.345 e. The molecule has 2 heteroatoms. The molecule has 0 amide bonds. The quantitative estimate of drug-likeness (QED) is 0.757. The van der Waals surface area contributed by atoms with Crippen LogP contribution in [0.4, 0.5) is 0 Å². The first-order valence-corrected chi connectivity index (χ1v) is 9.47. The second-order valence-electron chi connectivity index (χ2n) is 8.63. The number of hydrogen-bond donors (Lipinski definition) is 0. The van der Waals surface area contributed by atoms with E-state index in [2.05, 4.69) is 61.6 Å². The van der Waals surface area contributed by atoms with Crippen LogP contribution in [0.25, 0.3) is 0 Å². The smallest absolute Gasteiger partial charge is 0.165 e. The van der Waals surface area contributed by atoms with E-state index in [0.717, 1.165) is 0 Å². The molecule has 1 saturated heterocycles. The van der Waals surface area contributed by atoms with Crippen molar-refractivity contribution in [3.8, 4) is 0 Å². The number of benzene rings is 1. The summed E-state index contributed by atoms with van der Waals surface area (Å²) in [6, 6.07) is 11.0. The fourth-order valence-corrected chi connectivity index (χ4v) is 6.41. The summed E-state index contributed by atoms with van der Waals surface area (Å²) in [5, 5.41) is 0. The van der Waals surface area contributed by atoms with Crippen LogP contribution < -0.4 is 0 Å². The lowest BCUT2D eigenvalue weighted by atomic mass is 9.66. The monoisotopic (exact) mass is 320 g/mol. The lowest BCUT2D eigenvalue weighted by molar-refractivity contribution is -0.167. The number of allylic oxidation sites excluding steroid dienone is 2. The molecule has 1 aromatic rings. The first kappa shape index (κ1) is 13.9. The molecule has 9 atom stereocenters. The molecule has 5 aliphatic rings. The van der Waals surface area contributed by atoms with Crippen LogP contribution in [-0.4, -0.2) is 18.5 Å². The second-order valence-corrected chi connectivity index (χ2v) is 8.63. The lowest BCUT2D eigenvalue weighted by Crippen LogP contribution is -2.43. The van der Waals surface area contributed by atoms with Crippen molar-refractivity contribution in [3.63, 3.8) is 0 Å². The summed E-state index contributed by atoms with van der Waals surface area (Å²) in [7, 11) is 0. The standard InChI is InChI=1S/C22H24O2/c1-22(21-23-19-15-7-8-16(11-15)20(19)24-21)17-10-9-14(12-17)18(22)13-5-3-2-4-6-13/h2-10,14-21H,11-12H2,1H3/t14-,15-,16+,17+,18-,19-,20+,21?,22+/m1/s1. The van der Waals surface area contributed by atoms with Gasteiger partial charge in [-0.15, -0.1) is 0 Å². The van der Waals surface area contributed by atoms with Crippen LogP contribution in [-0.2, 0) is 9.47 Å². The molecule has 24 heavy (non-hydrogen) atoms. The van der Waals surface area contributed by atoms with Gasteiger partial charge in [0, 0.05) is 23.2 Å². The van der Waals surface area contributed by atoms with E-state index >= 15 is 0 Å². The van der Waals surface area contributed by atoms with Gasteiger partial charge in [0.25, 0.3) is 0 Å². The van der Waals surface area contributed by atoms with Gasteiger partial charge in [0.05, 0.1) is 12.2 Å². The van der Waals surface area contributed by atoms with Crippen molar-refractivity contribution in [1.82, 2.24) is 0 Å². The van der Waals surface area contributed by atoms with Crippen LogP contribution in [0, 0.1) is 29.1 Å². The minimum absolute atomic E-state index is 0.0462. The van der Waals surface area contributed by atoms with Crippen molar-refractivity contribution < 1.29 is 9.47 Å². The molecule has 6 rings (SSSR count). The summed E-state index contributed by atoms with van der Waals surface area (Å²) >= 11 is 0. The van der Waals surface area contributed by atoms with E-state index in [-0.39, 0.29) is 11.7 Å². The fourth-order valence-electron chi connectivity index (χ4n) is 6.41.